The molecule has 6 unspecified atom stereocenters. The van der Waals surface area contributed by atoms with Gasteiger partial charge in [-0.15, -0.1) is 0 Å². The van der Waals surface area contributed by atoms with Crippen LogP contribution >= 0.6 is 0 Å². The maximum absolute atomic E-state index is 17.0. The number of methoxy groups -OCH3 is 2. The maximum atomic E-state index is 17.0. The molecule has 2 aromatic carbocycles. The van der Waals surface area contributed by atoms with Crippen molar-refractivity contribution in [1.82, 2.24) is 44.9 Å². The van der Waals surface area contributed by atoms with Crippen molar-refractivity contribution in [2.75, 3.05) is 33.9 Å². The highest BCUT2D eigenvalue weighted by atomic mass is 19.1. The van der Waals surface area contributed by atoms with Gasteiger partial charge in [-0.2, -0.15) is 0 Å². The molecule has 1 amide bonds. The number of aliphatic hydroxyl groups is 2. The van der Waals surface area contributed by atoms with Crippen LogP contribution in [0.1, 0.15) is 123 Å². The molecule has 2 aliphatic heterocycles. The molecule has 6 N–H and O–H groups in total. The molecule has 2 aliphatic carbocycles. The lowest BCUT2D eigenvalue weighted by Gasteiger charge is -2.48. The summed E-state index contributed by atoms with van der Waals surface area (Å²) in [4.78, 5) is 33.1. The van der Waals surface area contributed by atoms with Gasteiger partial charge in [0.2, 0.25) is 6.41 Å². The summed E-state index contributed by atoms with van der Waals surface area (Å²) in [6.07, 6.45) is 12.0. The third-order valence-electron chi connectivity index (χ3n) is 15.6. The van der Waals surface area contributed by atoms with E-state index in [1.807, 2.05) is 37.2 Å². The maximum Gasteiger partial charge on any atom is 0.407 e. The second kappa shape index (κ2) is 20.2. The van der Waals surface area contributed by atoms with E-state index in [1.54, 1.807) is 6.07 Å². The molecule has 1 saturated heterocycles. The zero-order valence-electron chi connectivity index (χ0n) is 40.9. The molecule has 0 bridgehead atoms. The van der Waals surface area contributed by atoms with Crippen LogP contribution in [0.5, 0.6) is 5.75 Å². The molecule has 3 aromatic heterocycles. The number of hydrogen-bond donors (Lipinski definition) is 6. The van der Waals surface area contributed by atoms with Crippen LogP contribution in [-0.2, 0) is 16.0 Å². The molecule has 16 heteroatoms. The summed E-state index contributed by atoms with van der Waals surface area (Å²) in [6.45, 7) is 12.8. The number of rotatable bonds is 18. The van der Waals surface area contributed by atoms with Gasteiger partial charge in [0.05, 0.1) is 66.3 Å². The quantitative estimate of drug-likeness (QED) is 0.0462. The zero-order chi connectivity index (χ0) is 47.9. The molecule has 368 valence electrons. The van der Waals surface area contributed by atoms with Gasteiger partial charge in [0, 0.05) is 48.7 Å². The third-order valence-corrected chi connectivity index (χ3v) is 15.6. The molecule has 2 saturated carbocycles. The molecular formula is C52H72FN9O6. The summed E-state index contributed by atoms with van der Waals surface area (Å²) < 4.78 is 36.3. The summed E-state index contributed by atoms with van der Waals surface area (Å²) in [5.41, 5.74) is 5.94. The number of likely N-dealkylation sites (tertiary alicyclic amines) is 1. The molecule has 6 atom stereocenters. The molecular weight excluding hydrogens is 866 g/mol. The number of amides is 1. The summed E-state index contributed by atoms with van der Waals surface area (Å²) >= 11 is 0. The highest BCUT2D eigenvalue weighted by Crippen LogP contribution is 2.56. The summed E-state index contributed by atoms with van der Waals surface area (Å²) in [5, 5.41) is 28.7. The number of aromatic nitrogens is 5. The molecule has 5 heterocycles. The minimum Gasteiger partial charge on any atom is -0.469 e. The lowest BCUT2D eigenvalue weighted by Crippen LogP contribution is -2.54. The molecule has 68 heavy (non-hydrogen) atoms. The first-order chi connectivity index (χ1) is 32.8. The van der Waals surface area contributed by atoms with E-state index in [2.05, 4.69) is 75.1 Å². The number of fused-ring (bicyclic) bond motifs is 5. The fourth-order valence-corrected chi connectivity index (χ4v) is 11.5. The zero-order valence-corrected chi connectivity index (χ0v) is 40.9. The Hall–Kier alpha value is -4.84. The van der Waals surface area contributed by atoms with E-state index in [-0.39, 0.29) is 41.9 Å². The van der Waals surface area contributed by atoms with Gasteiger partial charge in [0.25, 0.3) is 0 Å². The normalized spacial score (nSPS) is 21.2. The van der Waals surface area contributed by atoms with E-state index < -0.39 is 24.8 Å². The summed E-state index contributed by atoms with van der Waals surface area (Å²) in [7, 11) is 2.80. The van der Waals surface area contributed by atoms with Crippen molar-refractivity contribution in [2.24, 2.45) is 23.2 Å². The van der Waals surface area contributed by atoms with E-state index in [0.29, 0.717) is 41.2 Å². The van der Waals surface area contributed by atoms with Gasteiger partial charge in [-0.05, 0) is 112 Å². The van der Waals surface area contributed by atoms with Crippen LogP contribution in [0.4, 0.5) is 9.18 Å². The molecule has 9 rings (SSSR count). The second-order valence-electron chi connectivity index (χ2n) is 20.7. The predicted octanol–water partition coefficient (Wildman–Crippen LogP) is 9.06. The number of hydrogen-bond acceptors (Lipinski definition) is 11. The Bertz CT molecular complexity index is 2520. The van der Waals surface area contributed by atoms with Crippen LogP contribution in [0, 0.1) is 29.0 Å². The largest absolute Gasteiger partial charge is 0.469 e. The van der Waals surface area contributed by atoms with Gasteiger partial charge in [-0.3, -0.25) is 15.1 Å². The van der Waals surface area contributed by atoms with Crippen molar-refractivity contribution >= 4 is 17.0 Å². The Balaban J connectivity index is 1.01. The predicted molar refractivity (Wildman–Crippen MR) is 260 cm³/mol. The van der Waals surface area contributed by atoms with Crippen LogP contribution in [0.15, 0.2) is 48.8 Å². The Kier molecular flexibility index (Phi) is 14.4. The van der Waals surface area contributed by atoms with E-state index in [0.717, 1.165) is 84.6 Å². The van der Waals surface area contributed by atoms with Gasteiger partial charge >= 0.3 is 6.09 Å². The standard InChI is InChI=1S/C52H72FN9O6/c1-8-20-61(48(63)46(31(4)5)59-51(65)67-7)29-44-54-26-37(56-44)33-12-13-40-35(22-33)24-42-45-36(53)23-34(25-43(45)68-49(62(40)42)32-14-18-52(19-15-32)16-10-17-52)38-27-55-47(57-38)41-11-9-21-60(41)28-39(30(2)3)58-50(64)66-6/h12-13,22-27,30-32,39,41,46,48-50,58,63-64H,8-11,14-21,28-29H2,1-7H3,(H,54,56)(H,55,57)(H,59,65). The van der Waals surface area contributed by atoms with Crippen molar-refractivity contribution in [2.45, 2.75) is 142 Å². The number of carbonyl (C=O) groups is 1. The molecule has 1 spiro atoms. The highest BCUT2D eigenvalue weighted by molar-refractivity contribution is 5.92. The lowest BCUT2D eigenvalue weighted by molar-refractivity contribution is -0.108. The SMILES string of the molecule is CCCN(Cc1ncc(-c2ccc3c(c2)cc2n3C(C3CCC4(CCC4)CC3)Oc3cc(-c4cnc(C5CCCN5CC(NC(O)OC)C(C)C)[nH]4)cc(F)c3-2)[nH]1)C(O)C(NC(=O)OC)C(C)C. The molecule has 4 aliphatic rings. The Morgan fingerprint density at radius 3 is 2.43 bits per heavy atom. The van der Waals surface area contributed by atoms with Crippen LogP contribution in [-0.4, -0.2) is 109 Å². The molecule has 3 fully saturated rings. The second-order valence-corrected chi connectivity index (χ2v) is 20.7. The van der Waals surface area contributed by atoms with E-state index in [4.69, 9.17) is 24.2 Å². The number of aromatic amines is 2. The number of alkyl carbamates (subject to hydrolysis) is 1. The van der Waals surface area contributed by atoms with Crippen molar-refractivity contribution in [3.8, 4) is 39.5 Å². The molecule has 15 nitrogen and oxygen atoms in total. The number of nitrogens with one attached hydrogen (secondary N) is 4. The first-order valence-electron chi connectivity index (χ1n) is 25.0. The van der Waals surface area contributed by atoms with Crippen molar-refractivity contribution in [3.05, 3.63) is 66.3 Å². The van der Waals surface area contributed by atoms with Gasteiger partial charge < -0.3 is 44.3 Å². The van der Waals surface area contributed by atoms with Crippen molar-refractivity contribution < 1.29 is 33.6 Å². The summed E-state index contributed by atoms with van der Waals surface area (Å²) in [6, 6.07) is 11.6. The summed E-state index contributed by atoms with van der Waals surface area (Å²) in [5.74, 6) is 2.22. The number of imidazole rings is 2. The van der Waals surface area contributed by atoms with Gasteiger partial charge in [-0.25, -0.2) is 19.2 Å². The van der Waals surface area contributed by atoms with Crippen LogP contribution < -0.4 is 15.4 Å². The van der Waals surface area contributed by atoms with Crippen molar-refractivity contribution in [1.29, 1.82) is 0 Å². The van der Waals surface area contributed by atoms with Crippen molar-refractivity contribution in [3.63, 3.8) is 0 Å². The lowest BCUT2D eigenvalue weighted by atomic mass is 9.59. The van der Waals surface area contributed by atoms with Gasteiger partial charge in [0.1, 0.15) is 29.4 Å². The van der Waals surface area contributed by atoms with Gasteiger partial charge in [-0.1, -0.05) is 47.1 Å². The van der Waals surface area contributed by atoms with Crippen LogP contribution in [0.2, 0.25) is 0 Å². The molecule has 0 radical (unpaired) electrons. The number of ether oxygens (including phenoxy) is 3. The monoisotopic (exact) mass is 938 g/mol. The minimum atomic E-state index is -1.04. The third kappa shape index (κ3) is 9.69. The van der Waals surface area contributed by atoms with E-state index in [1.165, 1.54) is 46.3 Å². The van der Waals surface area contributed by atoms with Crippen LogP contribution in [0.25, 0.3) is 44.7 Å². The van der Waals surface area contributed by atoms with E-state index in [9.17, 15) is 15.0 Å². The van der Waals surface area contributed by atoms with Gasteiger partial charge in [0.15, 0.2) is 6.23 Å². The number of benzene rings is 2. The number of H-pyrrole nitrogens is 2. The Morgan fingerprint density at radius 2 is 1.74 bits per heavy atom. The Morgan fingerprint density at radius 1 is 0.971 bits per heavy atom. The average Bonchev–Trinajstić information content (AvgIpc) is 4.16. The fourth-order valence-electron chi connectivity index (χ4n) is 11.5. The topological polar surface area (TPSA) is 178 Å². The average molecular weight is 938 g/mol. The Labute approximate surface area is 399 Å². The van der Waals surface area contributed by atoms with E-state index >= 15 is 4.39 Å². The van der Waals surface area contributed by atoms with Crippen LogP contribution in [0.3, 0.4) is 0 Å². The number of halogens is 1. The number of aliphatic hydroxyl groups excluding tert-OH is 2. The smallest absolute Gasteiger partial charge is 0.407 e. The number of carbonyl (C=O) groups excluding carboxylic acids is 1. The first kappa shape index (κ1) is 48.2. The highest BCUT2D eigenvalue weighted by Gasteiger charge is 2.44. The fraction of sp³-hybridized carbons (Fsp3) is 0.596. The first-order valence-corrected chi connectivity index (χ1v) is 25.0. The minimum absolute atomic E-state index is 0.0137. The number of nitrogens with zero attached hydrogens (tertiary/aromatic N) is 5. The molecule has 5 aromatic rings.